The Morgan fingerprint density at radius 1 is 1.35 bits per heavy atom. The second kappa shape index (κ2) is 6.39. The van der Waals surface area contributed by atoms with Crippen LogP contribution in [-0.2, 0) is 4.79 Å². The first-order valence-corrected chi connectivity index (χ1v) is 7.26. The Bertz CT molecular complexity index is 245. The fraction of sp³-hybridized carbons (Fsp3) is 0.929. The number of amides is 1. The minimum absolute atomic E-state index is 0.183. The van der Waals surface area contributed by atoms with E-state index >= 15 is 0 Å². The summed E-state index contributed by atoms with van der Waals surface area (Å²) in [6.45, 7) is 4.95. The van der Waals surface area contributed by atoms with E-state index < -0.39 is 0 Å². The number of carbonyl (C=O) groups is 1. The van der Waals surface area contributed by atoms with Crippen LogP contribution in [0.3, 0.4) is 0 Å². The maximum Gasteiger partial charge on any atom is 0.223 e. The maximum absolute atomic E-state index is 11.8. The molecule has 1 aliphatic heterocycles. The summed E-state index contributed by atoms with van der Waals surface area (Å²) in [7, 11) is 0. The van der Waals surface area contributed by atoms with Gasteiger partial charge < -0.3 is 10.6 Å². The second-order valence-electron chi connectivity index (χ2n) is 5.79. The lowest BCUT2D eigenvalue weighted by molar-refractivity contribution is -0.126. The van der Waals surface area contributed by atoms with Gasteiger partial charge in [0.2, 0.25) is 5.91 Å². The van der Waals surface area contributed by atoms with Gasteiger partial charge in [-0.3, -0.25) is 4.79 Å². The molecule has 1 saturated heterocycles. The van der Waals surface area contributed by atoms with Gasteiger partial charge in [0.15, 0.2) is 0 Å². The molecule has 0 radical (unpaired) electrons. The van der Waals surface area contributed by atoms with Gasteiger partial charge in [-0.05, 0) is 37.8 Å². The van der Waals surface area contributed by atoms with Crippen LogP contribution in [0.2, 0.25) is 0 Å². The zero-order valence-electron chi connectivity index (χ0n) is 11.0. The molecule has 2 aliphatic rings. The Morgan fingerprint density at radius 3 is 2.65 bits per heavy atom. The summed E-state index contributed by atoms with van der Waals surface area (Å²) in [5.74, 6) is 1.94. The SMILES string of the molecule is CC(C(=O)NCCCC1CCCC1)C1CNC1. The van der Waals surface area contributed by atoms with Gasteiger partial charge in [-0.1, -0.05) is 32.6 Å². The highest BCUT2D eigenvalue weighted by Gasteiger charge is 2.28. The summed E-state index contributed by atoms with van der Waals surface area (Å²) in [4.78, 5) is 11.8. The van der Waals surface area contributed by atoms with Crippen molar-refractivity contribution in [3.8, 4) is 0 Å². The van der Waals surface area contributed by atoms with Crippen molar-refractivity contribution < 1.29 is 4.79 Å². The van der Waals surface area contributed by atoms with Gasteiger partial charge >= 0.3 is 0 Å². The lowest BCUT2D eigenvalue weighted by Gasteiger charge is -2.31. The molecule has 0 bridgehead atoms. The molecule has 1 aliphatic carbocycles. The lowest BCUT2D eigenvalue weighted by Crippen LogP contribution is -2.49. The van der Waals surface area contributed by atoms with Crippen molar-refractivity contribution in [2.75, 3.05) is 19.6 Å². The molecule has 98 valence electrons. The molecule has 2 fully saturated rings. The monoisotopic (exact) mass is 238 g/mol. The minimum atomic E-state index is 0.183. The number of nitrogens with one attached hydrogen (secondary N) is 2. The quantitative estimate of drug-likeness (QED) is 0.694. The topological polar surface area (TPSA) is 41.1 Å². The van der Waals surface area contributed by atoms with Crippen LogP contribution < -0.4 is 10.6 Å². The molecular weight excluding hydrogens is 212 g/mol. The molecular formula is C14H26N2O. The van der Waals surface area contributed by atoms with Gasteiger partial charge in [0, 0.05) is 12.5 Å². The summed E-state index contributed by atoms with van der Waals surface area (Å²) >= 11 is 0. The van der Waals surface area contributed by atoms with Gasteiger partial charge in [-0.2, -0.15) is 0 Å². The molecule has 1 heterocycles. The molecule has 0 aromatic carbocycles. The molecule has 1 saturated carbocycles. The molecule has 3 nitrogen and oxygen atoms in total. The maximum atomic E-state index is 11.8. The third kappa shape index (κ3) is 3.70. The minimum Gasteiger partial charge on any atom is -0.356 e. The van der Waals surface area contributed by atoms with Gasteiger partial charge in [-0.15, -0.1) is 0 Å². The smallest absolute Gasteiger partial charge is 0.223 e. The average Bonchev–Trinajstić information content (AvgIpc) is 2.74. The van der Waals surface area contributed by atoms with Crippen LogP contribution in [0, 0.1) is 17.8 Å². The van der Waals surface area contributed by atoms with E-state index in [0.717, 1.165) is 32.0 Å². The Labute approximate surface area is 105 Å². The summed E-state index contributed by atoms with van der Waals surface area (Å²) in [6.07, 6.45) is 8.13. The average molecular weight is 238 g/mol. The fourth-order valence-corrected chi connectivity index (χ4v) is 2.94. The van der Waals surface area contributed by atoms with E-state index in [1.807, 2.05) is 0 Å². The Morgan fingerprint density at radius 2 is 2.06 bits per heavy atom. The molecule has 0 aromatic rings. The van der Waals surface area contributed by atoms with E-state index in [1.165, 1.54) is 32.1 Å². The molecule has 2 rings (SSSR count). The van der Waals surface area contributed by atoms with Gasteiger partial charge in [0.25, 0.3) is 0 Å². The molecule has 1 atom stereocenters. The Kier molecular flexibility index (Phi) is 4.84. The van der Waals surface area contributed by atoms with Crippen molar-refractivity contribution in [2.45, 2.75) is 45.4 Å². The molecule has 0 aromatic heterocycles. The highest BCUT2D eigenvalue weighted by molar-refractivity contribution is 5.78. The predicted molar refractivity (Wildman–Crippen MR) is 69.7 cm³/mol. The first-order chi connectivity index (χ1) is 8.27. The van der Waals surface area contributed by atoms with Crippen molar-refractivity contribution in [1.29, 1.82) is 0 Å². The normalized spacial score (nSPS) is 23.4. The summed E-state index contributed by atoms with van der Waals surface area (Å²) in [5, 5.41) is 6.31. The standard InChI is InChI=1S/C14H26N2O/c1-11(13-9-15-10-13)14(17)16-8-4-7-12-5-2-3-6-12/h11-13,15H,2-10H2,1H3,(H,16,17). The van der Waals surface area contributed by atoms with E-state index in [-0.39, 0.29) is 11.8 Å². The Balaban J connectivity index is 1.53. The zero-order chi connectivity index (χ0) is 12.1. The summed E-state index contributed by atoms with van der Waals surface area (Å²) < 4.78 is 0. The van der Waals surface area contributed by atoms with Crippen molar-refractivity contribution >= 4 is 5.91 Å². The second-order valence-corrected chi connectivity index (χ2v) is 5.79. The van der Waals surface area contributed by atoms with Crippen LogP contribution in [0.15, 0.2) is 0 Å². The van der Waals surface area contributed by atoms with Crippen LogP contribution in [0.25, 0.3) is 0 Å². The molecule has 2 N–H and O–H groups in total. The number of carbonyl (C=O) groups excluding carboxylic acids is 1. The molecule has 1 amide bonds. The van der Waals surface area contributed by atoms with E-state index in [0.29, 0.717) is 5.92 Å². The van der Waals surface area contributed by atoms with Gasteiger partial charge in [0.05, 0.1) is 0 Å². The highest BCUT2D eigenvalue weighted by Crippen LogP contribution is 2.28. The number of hydrogen-bond donors (Lipinski definition) is 2. The number of rotatable bonds is 6. The fourth-order valence-electron chi connectivity index (χ4n) is 2.94. The van der Waals surface area contributed by atoms with Crippen molar-refractivity contribution in [3.63, 3.8) is 0 Å². The van der Waals surface area contributed by atoms with E-state index in [9.17, 15) is 4.79 Å². The molecule has 0 spiro atoms. The summed E-state index contributed by atoms with van der Waals surface area (Å²) in [6, 6.07) is 0. The largest absolute Gasteiger partial charge is 0.356 e. The summed E-state index contributed by atoms with van der Waals surface area (Å²) in [5.41, 5.74) is 0. The molecule has 17 heavy (non-hydrogen) atoms. The first kappa shape index (κ1) is 12.9. The Hall–Kier alpha value is -0.570. The number of hydrogen-bond acceptors (Lipinski definition) is 2. The van der Waals surface area contributed by atoms with Gasteiger partial charge in [-0.25, -0.2) is 0 Å². The van der Waals surface area contributed by atoms with E-state index in [2.05, 4.69) is 17.6 Å². The van der Waals surface area contributed by atoms with Crippen molar-refractivity contribution in [1.82, 2.24) is 10.6 Å². The van der Waals surface area contributed by atoms with Crippen LogP contribution >= 0.6 is 0 Å². The van der Waals surface area contributed by atoms with Crippen LogP contribution in [0.5, 0.6) is 0 Å². The van der Waals surface area contributed by atoms with Crippen LogP contribution in [0.4, 0.5) is 0 Å². The van der Waals surface area contributed by atoms with E-state index in [1.54, 1.807) is 0 Å². The van der Waals surface area contributed by atoms with Crippen LogP contribution in [-0.4, -0.2) is 25.5 Å². The van der Waals surface area contributed by atoms with Crippen LogP contribution in [0.1, 0.15) is 45.4 Å². The van der Waals surface area contributed by atoms with Gasteiger partial charge in [0.1, 0.15) is 0 Å². The lowest BCUT2D eigenvalue weighted by atomic mass is 9.88. The predicted octanol–water partition coefficient (Wildman–Crippen LogP) is 1.93. The van der Waals surface area contributed by atoms with E-state index in [4.69, 9.17) is 0 Å². The molecule has 1 unspecified atom stereocenters. The zero-order valence-corrected chi connectivity index (χ0v) is 11.0. The third-order valence-corrected chi connectivity index (χ3v) is 4.50. The third-order valence-electron chi connectivity index (χ3n) is 4.50. The first-order valence-electron chi connectivity index (χ1n) is 7.26. The van der Waals surface area contributed by atoms with Crippen molar-refractivity contribution in [3.05, 3.63) is 0 Å². The molecule has 3 heteroatoms. The highest BCUT2D eigenvalue weighted by atomic mass is 16.1. The van der Waals surface area contributed by atoms with Crippen molar-refractivity contribution in [2.24, 2.45) is 17.8 Å².